The van der Waals surface area contributed by atoms with Crippen LogP contribution in [0.5, 0.6) is 5.75 Å². The zero-order valence-electron chi connectivity index (χ0n) is 19.3. The van der Waals surface area contributed by atoms with Crippen molar-refractivity contribution in [2.75, 3.05) is 18.5 Å². The molecule has 9 nitrogen and oxygen atoms in total. The summed E-state index contributed by atoms with van der Waals surface area (Å²) < 4.78 is 6.15. The van der Waals surface area contributed by atoms with Gasteiger partial charge in [-0.25, -0.2) is 4.98 Å². The molecule has 2 N–H and O–H groups in total. The van der Waals surface area contributed by atoms with Crippen LogP contribution in [0.15, 0.2) is 66.3 Å². The molecule has 0 aliphatic carbocycles. The fourth-order valence-electron chi connectivity index (χ4n) is 4.27. The van der Waals surface area contributed by atoms with E-state index >= 15 is 0 Å². The largest absolute Gasteiger partial charge is 0.491 e. The summed E-state index contributed by atoms with van der Waals surface area (Å²) >= 11 is 7.90. The third-order valence-electron chi connectivity index (χ3n) is 5.99. The topological polar surface area (TPSA) is 113 Å². The second kappa shape index (κ2) is 9.64. The number of hydrogen-bond acceptors (Lipinski definition) is 8. The molecule has 0 atom stereocenters. The quantitative estimate of drug-likeness (QED) is 0.200. The number of imide groups is 1. The maximum atomic E-state index is 12.6. The van der Waals surface area contributed by atoms with Gasteiger partial charge >= 0.3 is 0 Å². The van der Waals surface area contributed by atoms with Gasteiger partial charge in [0.25, 0.3) is 11.8 Å². The van der Waals surface area contributed by atoms with Gasteiger partial charge in [0, 0.05) is 35.3 Å². The molecule has 0 saturated heterocycles. The van der Waals surface area contributed by atoms with Crippen LogP contribution in [-0.2, 0) is 0 Å². The van der Waals surface area contributed by atoms with Crippen LogP contribution >= 0.6 is 22.9 Å². The zero-order chi connectivity index (χ0) is 25.4. The summed E-state index contributed by atoms with van der Waals surface area (Å²) in [6.45, 7) is 0.525. The highest BCUT2D eigenvalue weighted by molar-refractivity contribution is 7.13. The Labute approximate surface area is 220 Å². The van der Waals surface area contributed by atoms with Crippen molar-refractivity contribution in [1.29, 1.82) is 0 Å². The molecule has 0 fully saturated rings. The number of thiazole rings is 1. The molecule has 3 aromatic heterocycles. The summed E-state index contributed by atoms with van der Waals surface area (Å²) in [6.07, 6.45) is 3.85. The second-order valence-corrected chi connectivity index (χ2v) is 9.58. The van der Waals surface area contributed by atoms with E-state index in [0.717, 1.165) is 10.9 Å². The van der Waals surface area contributed by atoms with E-state index in [2.05, 4.69) is 25.5 Å². The Morgan fingerprint density at radius 2 is 1.84 bits per heavy atom. The SMILES string of the molecule is O=C1c2ccccc2C(=O)N1CCCOc1cc(-c2ncccc2Cl)cc2c(Nc3nccs3)n[nH]c12. The Hall–Kier alpha value is -4.28. The fraction of sp³-hybridized carbons (Fsp3) is 0.115. The number of nitrogens with one attached hydrogen (secondary N) is 2. The van der Waals surface area contributed by atoms with Crippen molar-refractivity contribution < 1.29 is 14.3 Å². The molecular formula is C26H19ClN6O3S. The van der Waals surface area contributed by atoms with Crippen molar-refractivity contribution in [3.05, 3.63) is 82.5 Å². The Morgan fingerprint density at radius 1 is 1.03 bits per heavy atom. The number of H-pyrrole nitrogens is 1. The molecule has 184 valence electrons. The van der Waals surface area contributed by atoms with Crippen LogP contribution in [0.25, 0.3) is 22.2 Å². The molecule has 6 rings (SSSR count). The van der Waals surface area contributed by atoms with E-state index in [0.29, 0.717) is 50.5 Å². The number of aromatic nitrogens is 4. The van der Waals surface area contributed by atoms with Crippen molar-refractivity contribution in [2.24, 2.45) is 0 Å². The first-order valence-corrected chi connectivity index (χ1v) is 12.7. The lowest BCUT2D eigenvalue weighted by Crippen LogP contribution is -2.31. The lowest BCUT2D eigenvalue weighted by Gasteiger charge is -2.15. The van der Waals surface area contributed by atoms with Gasteiger partial charge in [0.1, 0.15) is 11.3 Å². The fourth-order valence-corrected chi connectivity index (χ4v) is 5.03. The first kappa shape index (κ1) is 23.1. The average Bonchev–Trinajstić information content (AvgIpc) is 3.63. The van der Waals surface area contributed by atoms with Crippen molar-refractivity contribution >= 4 is 56.6 Å². The number of nitrogens with zero attached hydrogens (tertiary/aromatic N) is 4. The van der Waals surface area contributed by atoms with E-state index in [1.54, 1.807) is 48.8 Å². The van der Waals surface area contributed by atoms with Gasteiger partial charge in [0.15, 0.2) is 10.9 Å². The summed E-state index contributed by atoms with van der Waals surface area (Å²) in [5, 5.41) is 14.6. The first-order valence-electron chi connectivity index (χ1n) is 11.5. The smallest absolute Gasteiger partial charge is 0.261 e. The van der Waals surface area contributed by atoms with E-state index in [4.69, 9.17) is 16.3 Å². The van der Waals surface area contributed by atoms with Crippen LogP contribution in [0.4, 0.5) is 10.9 Å². The normalized spacial score (nSPS) is 12.8. The van der Waals surface area contributed by atoms with E-state index in [9.17, 15) is 9.59 Å². The molecule has 0 unspecified atom stereocenters. The lowest BCUT2D eigenvalue weighted by molar-refractivity contribution is 0.0647. The average molecular weight is 531 g/mol. The molecule has 0 bridgehead atoms. The summed E-state index contributed by atoms with van der Waals surface area (Å²) in [7, 11) is 0. The maximum Gasteiger partial charge on any atom is 0.261 e. The third-order valence-corrected chi connectivity index (χ3v) is 6.98. The number of amides is 2. The minimum absolute atomic E-state index is 0.251. The number of hydrogen-bond donors (Lipinski definition) is 2. The molecular weight excluding hydrogens is 512 g/mol. The van der Waals surface area contributed by atoms with Crippen LogP contribution in [0.1, 0.15) is 27.1 Å². The Balaban J connectivity index is 1.25. The minimum Gasteiger partial charge on any atom is -0.491 e. The van der Waals surface area contributed by atoms with Gasteiger partial charge in [0.2, 0.25) is 0 Å². The van der Waals surface area contributed by atoms with Crippen molar-refractivity contribution in [2.45, 2.75) is 6.42 Å². The summed E-state index contributed by atoms with van der Waals surface area (Å²) in [4.78, 5) is 35.2. The molecule has 1 aliphatic rings. The monoisotopic (exact) mass is 530 g/mol. The third kappa shape index (κ3) is 4.30. The van der Waals surface area contributed by atoms with Gasteiger partial charge in [-0.15, -0.1) is 11.3 Å². The molecule has 1 aliphatic heterocycles. The Kier molecular flexibility index (Phi) is 6.03. The molecule has 4 heterocycles. The molecule has 11 heteroatoms. The van der Waals surface area contributed by atoms with E-state index < -0.39 is 0 Å². The van der Waals surface area contributed by atoms with Gasteiger partial charge in [-0.3, -0.25) is 24.6 Å². The van der Waals surface area contributed by atoms with E-state index in [-0.39, 0.29) is 25.0 Å². The van der Waals surface area contributed by atoms with Crippen molar-refractivity contribution in [3.8, 4) is 17.0 Å². The van der Waals surface area contributed by atoms with E-state index in [1.807, 2.05) is 17.5 Å². The molecule has 2 aromatic carbocycles. The number of fused-ring (bicyclic) bond motifs is 2. The first-order chi connectivity index (χ1) is 18.1. The highest BCUT2D eigenvalue weighted by Gasteiger charge is 2.34. The Bertz CT molecular complexity index is 1600. The van der Waals surface area contributed by atoms with Crippen molar-refractivity contribution in [3.63, 3.8) is 0 Å². The number of halogens is 1. The van der Waals surface area contributed by atoms with E-state index in [1.165, 1.54) is 16.2 Å². The number of aromatic amines is 1. The number of anilines is 2. The number of rotatable bonds is 8. The number of carbonyl (C=O) groups is 2. The summed E-state index contributed by atoms with van der Waals surface area (Å²) in [6, 6.07) is 14.2. The van der Waals surface area contributed by atoms with Gasteiger partial charge < -0.3 is 10.1 Å². The predicted molar refractivity (Wildman–Crippen MR) is 142 cm³/mol. The highest BCUT2D eigenvalue weighted by Crippen LogP contribution is 2.37. The van der Waals surface area contributed by atoms with Crippen LogP contribution in [0.2, 0.25) is 5.02 Å². The number of carbonyl (C=O) groups excluding carboxylic acids is 2. The van der Waals surface area contributed by atoms with Gasteiger partial charge in [0.05, 0.1) is 28.5 Å². The molecule has 0 radical (unpaired) electrons. The molecule has 0 spiro atoms. The van der Waals surface area contributed by atoms with Gasteiger partial charge in [-0.05, 0) is 42.8 Å². The van der Waals surface area contributed by atoms with Crippen molar-refractivity contribution in [1.82, 2.24) is 25.1 Å². The van der Waals surface area contributed by atoms with Gasteiger partial charge in [-0.1, -0.05) is 23.7 Å². The lowest BCUT2D eigenvalue weighted by atomic mass is 10.1. The summed E-state index contributed by atoms with van der Waals surface area (Å²) in [5.74, 6) is 0.591. The molecule has 2 amide bonds. The molecule has 37 heavy (non-hydrogen) atoms. The van der Waals surface area contributed by atoms with Crippen LogP contribution in [-0.4, -0.2) is 50.0 Å². The second-order valence-electron chi connectivity index (χ2n) is 8.27. The van der Waals surface area contributed by atoms with Gasteiger partial charge in [-0.2, -0.15) is 5.10 Å². The number of ether oxygens (including phenoxy) is 1. The zero-order valence-corrected chi connectivity index (χ0v) is 20.8. The maximum absolute atomic E-state index is 12.6. The highest BCUT2D eigenvalue weighted by atomic mass is 35.5. The number of benzene rings is 2. The standard InChI is InChI=1S/C26H19ClN6O3S/c27-19-7-3-8-28-21(19)15-13-18-22(31-32-23(18)30-26-29-9-12-37-26)20(14-15)36-11-4-10-33-24(34)16-5-1-2-6-17(16)25(33)35/h1-3,5-9,12-14H,4,10-11H2,(H2,29,30,31,32). The van der Waals surface area contributed by atoms with Crippen LogP contribution < -0.4 is 10.1 Å². The van der Waals surface area contributed by atoms with Crippen LogP contribution in [0.3, 0.4) is 0 Å². The molecule has 0 saturated carbocycles. The molecule has 5 aromatic rings. The Morgan fingerprint density at radius 3 is 2.57 bits per heavy atom. The summed E-state index contributed by atoms with van der Waals surface area (Å²) in [5.41, 5.74) is 2.94. The van der Waals surface area contributed by atoms with Crippen LogP contribution in [0, 0.1) is 0 Å². The number of pyridine rings is 1. The minimum atomic E-state index is -0.277. The predicted octanol–water partition coefficient (Wildman–Crippen LogP) is 5.54.